The number of ether oxygens (including phenoxy) is 1. The van der Waals surface area contributed by atoms with Gasteiger partial charge in [0.2, 0.25) is 5.82 Å². The molecule has 0 aliphatic rings. The Labute approximate surface area is 133 Å². The fourth-order valence-electron chi connectivity index (χ4n) is 1.93. The Morgan fingerprint density at radius 2 is 1.92 bits per heavy atom. The molecule has 3 aromatic rings. The maximum Gasteiger partial charge on any atom is 0.573 e. The van der Waals surface area contributed by atoms with Gasteiger partial charge >= 0.3 is 6.36 Å². The number of rotatable bonds is 3. The van der Waals surface area contributed by atoms with Crippen LogP contribution in [0, 0.1) is 6.92 Å². The third kappa shape index (κ3) is 3.42. The Kier molecular flexibility index (Phi) is 3.80. The number of hydrogen-bond acceptors (Lipinski definition) is 5. The second-order valence-corrected chi connectivity index (χ2v) is 4.76. The molecular formula is C14H10F3N5O2. The van der Waals surface area contributed by atoms with Crippen LogP contribution in [-0.4, -0.2) is 31.9 Å². The monoisotopic (exact) mass is 337 g/mol. The Bertz CT molecular complexity index is 890. The van der Waals surface area contributed by atoms with Crippen LogP contribution < -0.4 is 10.1 Å². The number of aromatic nitrogens is 4. The van der Waals surface area contributed by atoms with Crippen molar-refractivity contribution in [3.8, 4) is 5.75 Å². The lowest BCUT2D eigenvalue weighted by Crippen LogP contribution is -2.17. The third-order valence-corrected chi connectivity index (χ3v) is 2.98. The van der Waals surface area contributed by atoms with Crippen LogP contribution in [0.15, 0.2) is 36.5 Å². The van der Waals surface area contributed by atoms with Crippen molar-refractivity contribution in [3.63, 3.8) is 0 Å². The molecule has 2 aromatic heterocycles. The summed E-state index contributed by atoms with van der Waals surface area (Å²) in [6.45, 7) is 1.78. The number of aryl methyl sites for hydroxylation is 1. The Hall–Kier alpha value is -3.17. The molecule has 0 aliphatic carbocycles. The van der Waals surface area contributed by atoms with E-state index in [4.69, 9.17) is 0 Å². The average molecular weight is 337 g/mol. The molecule has 0 bridgehead atoms. The van der Waals surface area contributed by atoms with Gasteiger partial charge in [0.05, 0.1) is 0 Å². The van der Waals surface area contributed by atoms with Gasteiger partial charge in [-0.05, 0) is 37.3 Å². The van der Waals surface area contributed by atoms with E-state index in [1.165, 1.54) is 16.6 Å². The summed E-state index contributed by atoms with van der Waals surface area (Å²) in [6, 6.07) is 6.44. The Balaban J connectivity index is 1.75. The van der Waals surface area contributed by atoms with Crippen LogP contribution in [0.25, 0.3) is 5.78 Å². The SMILES string of the molecule is Cc1ccnc2nc(C(=O)Nc3ccc(OC(F)(F)F)cc3)nn12. The Morgan fingerprint density at radius 1 is 1.21 bits per heavy atom. The quantitative estimate of drug-likeness (QED) is 0.794. The zero-order valence-electron chi connectivity index (χ0n) is 12.2. The summed E-state index contributed by atoms with van der Waals surface area (Å²) in [5, 5.41) is 6.52. The lowest BCUT2D eigenvalue weighted by molar-refractivity contribution is -0.274. The van der Waals surface area contributed by atoms with E-state index in [2.05, 4.69) is 25.1 Å². The smallest absolute Gasteiger partial charge is 0.406 e. The van der Waals surface area contributed by atoms with E-state index >= 15 is 0 Å². The number of amides is 1. The third-order valence-electron chi connectivity index (χ3n) is 2.98. The van der Waals surface area contributed by atoms with Gasteiger partial charge in [-0.25, -0.2) is 9.50 Å². The molecule has 0 saturated heterocycles. The van der Waals surface area contributed by atoms with E-state index in [0.717, 1.165) is 17.8 Å². The molecule has 10 heteroatoms. The number of hydrogen-bond donors (Lipinski definition) is 1. The van der Waals surface area contributed by atoms with Crippen molar-refractivity contribution in [2.45, 2.75) is 13.3 Å². The number of carbonyl (C=O) groups is 1. The van der Waals surface area contributed by atoms with Crippen LogP contribution in [0.2, 0.25) is 0 Å². The summed E-state index contributed by atoms with van der Waals surface area (Å²) in [6.07, 6.45) is -3.23. The number of benzene rings is 1. The predicted molar refractivity (Wildman–Crippen MR) is 76.6 cm³/mol. The molecule has 0 unspecified atom stereocenters. The van der Waals surface area contributed by atoms with E-state index in [9.17, 15) is 18.0 Å². The predicted octanol–water partition coefficient (Wildman–Crippen LogP) is 2.58. The van der Waals surface area contributed by atoms with Crippen LogP contribution in [0.4, 0.5) is 18.9 Å². The van der Waals surface area contributed by atoms with E-state index in [1.54, 1.807) is 19.2 Å². The highest BCUT2D eigenvalue weighted by molar-refractivity contribution is 6.01. The van der Waals surface area contributed by atoms with E-state index in [-0.39, 0.29) is 23.0 Å². The number of anilines is 1. The fourth-order valence-corrected chi connectivity index (χ4v) is 1.93. The second kappa shape index (κ2) is 5.80. The van der Waals surface area contributed by atoms with Gasteiger partial charge in [0.25, 0.3) is 11.7 Å². The minimum absolute atomic E-state index is 0.104. The lowest BCUT2D eigenvalue weighted by atomic mass is 10.3. The fraction of sp³-hybridized carbons (Fsp3) is 0.143. The van der Waals surface area contributed by atoms with Crippen molar-refractivity contribution in [3.05, 3.63) is 48.0 Å². The number of carbonyl (C=O) groups excluding carboxylic acids is 1. The number of nitrogens with zero attached hydrogens (tertiary/aromatic N) is 4. The minimum atomic E-state index is -4.77. The number of halogens is 3. The first-order valence-corrected chi connectivity index (χ1v) is 6.67. The highest BCUT2D eigenvalue weighted by atomic mass is 19.4. The largest absolute Gasteiger partial charge is 0.573 e. The van der Waals surface area contributed by atoms with Crippen LogP contribution in [0.1, 0.15) is 16.3 Å². The van der Waals surface area contributed by atoms with E-state index < -0.39 is 12.3 Å². The van der Waals surface area contributed by atoms with Gasteiger partial charge in [0.15, 0.2) is 0 Å². The topological polar surface area (TPSA) is 81.4 Å². The highest BCUT2D eigenvalue weighted by Gasteiger charge is 2.31. The maximum atomic E-state index is 12.1. The molecule has 1 amide bonds. The molecular weight excluding hydrogens is 327 g/mol. The standard InChI is InChI=1S/C14H10F3N5O2/c1-8-6-7-18-13-20-11(21-22(8)13)12(23)19-9-2-4-10(5-3-9)24-14(15,16)17/h2-7H,1H3,(H,19,23). The summed E-state index contributed by atoms with van der Waals surface area (Å²) in [5.41, 5.74) is 1.03. The number of nitrogens with one attached hydrogen (secondary N) is 1. The number of alkyl halides is 3. The van der Waals surface area contributed by atoms with E-state index in [1.807, 2.05) is 0 Å². The Morgan fingerprint density at radius 3 is 2.54 bits per heavy atom. The zero-order valence-corrected chi connectivity index (χ0v) is 12.2. The molecule has 24 heavy (non-hydrogen) atoms. The molecule has 124 valence electrons. The van der Waals surface area contributed by atoms with Gasteiger partial charge < -0.3 is 10.1 Å². The van der Waals surface area contributed by atoms with Crippen molar-refractivity contribution >= 4 is 17.4 Å². The van der Waals surface area contributed by atoms with Crippen LogP contribution >= 0.6 is 0 Å². The van der Waals surface area contributed by atoms with Gasteiger partial charge in [-0.15, -0.1) is 18.3 Å². The van der Waals surface area contributed by atoms with Crippen molar-refractivity contribution in [1.29, 1.82) is 0 Å². The summed E-state index contributed by atoms with van der Waals surface area (Å²) >= 11 is 0. The van der Waals surface area contributed by atoms with Gasteiger partial charge in [0, 0.05) is 17.6 Å². The molecule has 0 radical (unpaired) electrons. The average Bonchev–Trinajstić information content (AvgIpc) is 2.93. The second-order valence-electron chi connectivity index (χ2n) is 4.76. The summed E-state index contributed by atoms with van der Waals surface area (Å²) in [4.78, 5) is 20.1. The first-order valence-electron chi connectivity index (χ1n) is 6.67. The molecule has 0 fully saturated rings. The highest BCUT2D eigenvalue weighted by Crippen LogP contribution is 2.24. The van der Waals surface area contributed by atoms with E-state index in [0.29, 0.717) is 0 Å². The van der Waals surface area contributed by atoms with Gasteiger partial charge in [-0.2, -0.15) is 4.98 Å². The molecule has 0 atom stereocenters. The first-order chi connectivity index (χ1) is 11.3. The van der Waals surface area contributed by atoms with Crippen LogP contribution in [-0.2, 0) is 0 Å². The van der Waals surface area contributed by atoms with Crippen LogP contribution in [0.5, 0.6) is 5.75 Å². The van der Waals surface area contributed by atoms with Crippen molar-refractivity contribution in [2.75, 3.05) is 5.32 Å². The molecule has 7 nitrogen and oxygen atoms in total. The molecule has 0 spiro atoms. The zero-order chi connectivity index (χ0) is 17.3. The lowest BCUT2D eigenvalue weighted by Gasteiger charge is -2.09. The van der Waals surface area contributed by atoms with Crippen LogP contribution in [0.3, 0.4) is 0 Å². The normalized spacial score (nSPS) is 11.5. The molecule has 0 aliphatic heterocycles. The maximum absolute atomic E-state index is 12.1. The van der Waals surface area contributed by atoms with Crippen molar-refractivity contribution < 1.29 is 22.7 Å². The molecule has 1 N–H and O–H groups in total. The van der Waals surface area contributed by atoms with Gasteiger partial charge in [-0.1, -0.05) is 0 Å². The summed E-state index contributed by atoms with van der Waals surface area (Å²) in [7, 11) is 0. The first kappa shape index (κ1) is 15.7. The van der Waals surface area contributed by atoms with Gasteiger partial charge in [-0.3, -0.25) is 4.79 Å². The summed E-state index contributed by atoms with van der Waals surface area (Å²) < 4.78 is 41.4. The molecule has 3 rings (SSSR count). The van der Waals surface area contributed by atoms with Gasteiger partial charge in [0.1, 0.15) is 5.75 Å². The van der Waals surface area contributed by atoms with Crippen molar-refractivity contribution in [1.82, 2.24) is 19.6 Å². The minimum Gasteiger partial charge on any atom is -0.406 e. The molecule has 2 heterocycles. The number of fused-ring (bicyclic) bond motifs is 1. The molecule has 0 saturated carbocycles. The molecule has 1 aromatic carbocycles. The van der Waals surface area contributed by atoms with Crippen molar-refractivity contribution in [2.24, 2.45) is 0 Å². The summed E-state index contributed by atoms with van der Waals surface area (Å²) in [5.74, 6) is -0.822.